The van der Waals surface area contributed by atoms with Crippen molar-refractivity contribution in [2.45, 2.75) is 76.7 Å². The maximum absolute atomic E-state index is 16.4. The maximum Gasteiger partial charge on any atom is 0.318 e. The second kappa shape index (κ2) is 13.1. The number of hydrogen-bond acceptors (Lipinski definition) is 11. The lowest BCUT2D eigenvalue weighted by atomic mass is 10.0. The van der Waals surface area contributed by atoms with Crippen LogP contribution < -0.4 is 31.2 Å². The molecule has 250 valence electrons. The minimum atomic E-state index is -0.746. The van der Waals surface area contributed by atoms with E-state index in [0.29, 0.717) is 34.6 Å². The highest BCUT2D eigenvalue weighted by atomic mass is 35.5. The SMILES string of the molecule is CCC1CC(F)CN1.COc1nc2c3c(nc(-c4nc(N)cc(Cl)c4C4CC4)c(F)c3n1)OC[C@H](C)N2C(C)c1cc(F)cnc1N. The Bertz CT molecular complexity index is 1810. The lowest BCUT2D eigenvalue weighted by Gasteiger charge is -2.34. The van der Waals surface area contributed by atoms with Crippen LogP contribution >= 0.6 is 11.6 Å². The van der Waals surface area contributed by atoms with Crippen molar-refractivity contribution in [1.29, 1.82) is 0 Å². The summed E-state index contributed by atoms with van der Waals surface area (Å²) in [5, 5.41) is 3.72. The van der Waals surface area contributed by atoms with Crippen LogP contribution in [0.1, 0.15) is 69.5 Å². The molecule has 2 fully saturated rings. The van der Waals surface area contributed by atoms with Crippen molar-refractivity contribution in [1.82, 2.24) is 30.2 Å². The van der Waals surface area contributed by atoms with Crippen molar-refractivity contribution >= 4 is 40.0 Å². The number of ether oxygens (including phenoxy) is 2. The number of pyridine rings is 3. The number of aromatic nitrogens is 5. The van der Waals surface area contributed by atoms with Gasteiger partial charge in [-0.15, -0.1) is 0 Å². The largest absolute Gasteiger partial charge is 0.475 e. The van der Waals surface area contributed by atoms with Crippen molar-refractivity contribution in [3.63, 3.8) is 0 Å². The molecule has 0 spiro atoms. The molecule has 0 bridgehead atoms. The number of nitrogens with two attached hydrogens (primary N) is 2. The van der Waals surface area contributed by atoms with Crippen LogP contribution in [0, 0.1) is 11.6 Å². The van der Waals surface area contributed by atoms with Crippen LogP contribution in [0.25, 0.3) is 22.3 Å². The van der Waals surface area contributed by atoms with E-state index >= 15 is 4.39 Å². The minimum absolute atomic E-state index is 0.0721. The second-order valence-electron chi connectivity index (χ2n) is 12.1. The minimum Gasteiger partial charge on any atom is -0.475 e. The molecule has 4 aromatic heterocycles. The molecule has 1 saturated carbocycles. The molecule has 3 aliphatic rings. The van der Waals surface area contributed by atoms with Gasteiger partial charge in [0.15, 0.2) is 5.82 Å². The third-order valence-electron chi connectivity index (χ3n) is 8.76. The van der Waals surface area contributed by atoms with Gasteiger partial charge in [-0.2, -0.15) is 9.97 Å². The van der Waals surface area contributed by atoms with Gasteiger partial charge in [0.05, 0.1) is 31.1 Å². The molecule has 11 nitrogen and oxygen atoms in total. The number of alkyl halides is 1. The van der Waals surface area contributed by atoms with Gasteiger partial charge in [0.1, 0.15) is 52.6 Å². The predicted molar refractivity (Wildman–Crippen MR) is 175 cm³/mol. The average molecular weight is 672 g/mol. The molecule has 0 aromatic carbocycles. The Morgan fingerprint density at radius 1 is 1.15 bits per heavy atom. The van der Waals surface area contributed by atoms with E-state index in [1.54, 1.807) is 6.07 Å². The predicted octanol–water partition coefficient (Wildman–Crippen LogP) is 5.91. The Balaban J connectivity index is 0.000000424. The van der Waals surface area contributed by atoms with Gasteiger partial charge in [0.2, 0.25) is 5.88 Å². The van der Waals surface area contributed by atoms with Crippen LogP contribution in [0.5, 0.6) is 11.9 Å². The smallest absolute Gasteiger partial charge is 0.318 e. The number of nitrogen functional groups attached to an aromatic ring is 2. The van der Waals surface area contributed by atoms with E-state index in [4.69, 9.17) is 32.5 Å². The Morgan fingerprint density at radius 2 is 1.91 bits per heavy atom. The fraction of sp³-hybridized carbons (Fsp3) is 0.469. The van der Waals surface area contributed by atoms with Crippen LogP contribution in [0.4, 0.5) is 30.6 Å². The Hall–Kier alpha value is -4.17. The first-order valence-electron chi connectivity index (χ1n) is 15.6. The van der Waals surface area contributed by atoms with Crippen LogP contribution in [0.2, 0.25) is 5.02 Å². The number of halogens is 4. The van der Waals surface area contributed by atoms with Gasteiger partial charge in [-0.3, -0.25) is 0 Å². The highest BCUT2D eigenvalue weighted by Gasteiger charge is 2.36. The van der Waals surface area contributed by atoms with Gasteiger partial charge in [-0.1, -0.05) is 18.5 Å². The van der Waals surface area contributed by atoms with E-state index in [2.05, 4.69) is 37.2 Å². The zero-order valence-electron chi connectivity index (χ0n) is 26.5. The second-order valence-corrected chi connectivity index (χ2v) is 12.5. The van der Waals surface area contributed by atoms with E-state index in [1.165, 1.54) is 13.2 Å². The van der Waals surface area contributed by atoms with Crippen molar-refractivity contribution in [3.05, 3.63) is 46.1 Å². The highest BCUT2D eigenvalue weighted by molar-refractivity contribution is 6.32. The summed E-state index contributed by atoms with van der Waals surface area (Å²) in [5.41, 5.74) is 13.3. The van der Waals surface area contributed by atoms with Gasteiger partial charge >= 0.3 is 6.01 Å². The summed E-state index contributed by atoms with van der Waals surface area (Å²) in [4.78, 5) is 23.7. The van der Waals surface area contributed by atoms with Crippen LogP contribution in [0.3, 0.4) is 0 Å². The number of anilines is 3. The van der Waals surface area contributed by atoms with Gasteiger partial charge in [0, 0.05) is 28.7 Å². The van der Waals surface area contributed by atoms with Gasteiger partial charge in [-0.05, 0) is 57.6 Å². The maximum atomic E-state index is 16.4. The normalized spacial score (nSPS) is 21.1. The number of nitrogens with one attached hydrogen (secondary N) is 1. The lowest BCUT2D eigenvalue weighted by Crippen LogP contribution is -2.39. The monoisotopic (exact) mass is 671 g/mol. The van der Waals surface area contributed by atoms with Crippen LogP contribution in [-0.4, -0.2) is 63.4 Å². The van der Waals surface area contributed by atoms with Crippen LogP contribution in [-0.2, 0) is 0 Å². The molecule has 15 heteroatoms. The number of hydrogen-bond donors (Lipinski definition) is 3. The van der Waals surface area contributed by atoms with Crippen molar-refractivity contribution in [2.24, 2.45) is 0 Å². The van der Waals surface area contributed by atoms with Gasteiger partial charge in [-0.25, -0.2) is 28.1 Å². The topological polar surface area (TPSA) is 150 Å². The Labute approximate surface area is 275 Å². The molecule has 47 heavy (non-hydrogen) atoms. The number of methoxy groups -OCH3 is 1. The number of nitrogens with zero attached hydrogens (tertiary/aromatic N) is 6. The zero-order valence-corrected chi connectivity index (χ0v) is 27.3. The molecule has 1 saturated heterocycles. The summed E-state index contributed by atoms with van der Waals surface area (Å²) >= 11 is 6.53. The molecule has 5 N–H and O–H groups in total. The van der Waals surface area contributed by atoms with Crippen molar-refractivity contribution < 1.29 is 22.6 Å². The molecule has 3 unspecified atom stereocenters. The molecule has 0 amide bonds. The zero-order chi connectivity index (χ0) is 33.6. The Morgan fingerprint density at radius 3 is 2.55 bits per heavy atom. The van der Waals surface area contributed by atoms with Crippen LogP contribution in [0.15, 0.2) is 18.3 Å². The van der Waals surface area contributed by atoms with E-state index in [-0.39, 0.29) is 64.4 Å². The summed E-state index contributed by atoms with van der Waals surface area (Å²) in [6.45, 7) is 6.52. The van der Waals surface area contributed by atoms with E-state index in [9.17, 15) is 8.78 Å². The summed E-state index contributed by atoms with van der Waals surface area (Å²) in [7, 11) is 1.39. The fourth-order valence-electron chi connectivity index (χ4n) is 6.21. The van der Waals surface area contributed by atoms with Gasteiger partial charge in [0.25, 0.3) is 0 Å². The summed E-state index contributed by atoms with van der Waals surface area (Å²) in [6, 6.07) is 2.40. The van der Waals surface area contributed by atoms with E-state index < -0.39 is 23.8 Å². The first-order chi connectivity index (χ1) is 22.5. The van der Waals surface area contributed by atoms with Gasteiger partial charge < -0.3 is 31.2 Å². The van der Waals surface area contributed by atoms with Crippen molar-refractivity contribution in [3.8, 4) is 23.3 Å². The molecule has 0 radical (unpaired) electrons. The van der Waals surface area contributed by atoms with Crippen molar-refractivity contribution in [2.75, 3.05) is 36.6 Å². The lowest BCUT2D eigenvalue weighted by molar-refractivity contribution is 0.281. The van der Waals surface area contributed by atoms with E-state index in [1.807, 2.05) is 18.7 Å². The average Bonchev–Trinajstić information content (AvgIpc) is 3.81. The standard InChI is InChI=1S/C26H25ClF2N8O2.C6H12FN/c1-10-9-39-25-18-20(19(29)22(34-25)21-17(12-4-5-12)15(27)7-16(30)33-21)35-26(38-3)36-24(18)37(10)11(2)14-6-13(28)8-32-23(14)31;1-2-6-3-5(7)4-8-6/h6-8,10-12H,4-5,9H2,1-3H3,(H2,30,33)(H2,31,32);5-6,8H,2-4H2,1H3/t10-,11?;/m0./s1. The third-order valence-corrected chi connectivity index (χ3v) is 9.07. The molecule has 7 rings (SSSR count). The highest BCUT2D eigenvalue weighted by Crippen LogP contribution is 2.49. The number of rotatable bonds is 6. The third kappa shape index (κ3) is 6.40. The first-order valence-corrected chi connectivity index (χ1v) is 16.0. The molecular formula is C32H37ClF3N9O2. The fourth-order valence-corrected chi connectivity index (χ4v) is 6.57. The molecule has 1 aliphatic carbocycles. The molecule has 2 aliphatic heterocycles. The molecule has 4 aromatic rings. The summed E-state index contributed by atoms with van der Waals surface area (Å²) < 4.78 is 54.4. The molecule has 4 atom stereocenters. The Kier molecular flexibility index (Phi) is 9.16. The summed E-state index contributed by atoms with van der Waals surface area (Å²) in [6.07, 6.45) is 4.05. The quantitative estimate of drug-likeness (QED) is 0.225. The van der Waals surface area contributed by atoms with E-state index in [0.717, 1.165) is 31.9 Å². The molecular weight excluding hydrogens is 635 g/mol. The first kappa shape index (κ1) is 32.8. The summed E-state index contributed by atoms with van der Waals surface area (Å²) in [5.74, 6) is -0.425. The molecule has 6 heterocycles.